The van der Waals surface area contributed by atoms with Crippen LogP contribution in [0.3, 0.4) is 0 Å². The number of sulfone groups is 1. The smallest absolute Gasteiger partial charge is 0.175 e. The number of hydrogen-bond donors (Lipinski definition) is 1. The predicted octanol–water partition coefficient (Wildman–Crippen LogP) is 3.10. The fourth-order valence-electron chi connectivity index (χ4n) is 2.45. The molecule has 0 fully saturated rings. The highest BCUT2D eigenvalue weighted by Crippen LogP contribution is 2.26. The molecule has 1 unspecified atom stereocenters. The number of nitrogens with one attached hydrogen (secondary N) is 1. The van der Waals surface area contributed by atoms with Crippen LogP contribution in [0.5, 0.6) is 0 Å². The number of hydrogen-bond acceptors (Lipinski definition) is 3. The van der Waals surface area contributed by atoms with Gasteiger partial charge in [-0.25, -0.2) is 8.42 Å². The lowest BCUT2D eigenvalue weighted by molar-refractivity contribution is 0.600. The second-order valence-corrected chi connectivity index (χ2v) is 7.21. The van der Waals surface area contributed by atoms with E-state index in [0.717, 1.165) is 12.1 Å². The summed E-state index contributed by atoms with van der Waals surface area (Å²) in [6.07, 6.45) is 1.24. The SMILES string of the molecule is CCNC(c1cccc(S(C)(=O)=O)c1)c1ccccc1C. The van der Waals surface area contributed by atoms with Crippen molar-refractivity contribution in [3.63, 3.8) is 0 Å². The van der Waals surface area contributed by atoms with E-state index in [2.05, 4.69) is 24.4 Å². The summed E-state index contributed by atoms with van der Waals surface area (Å²) in [7, 11) is -3.19. The standard InChI is InChI=1S/C17H21NO2S/c1-4-18-17(16-11-6-5-8-13(16)2)14-9-7-10-15(12-14)21(3,19)20/h5-12,17-18H,4H2,1-3H3. The van der Waals surface area contributed by atoms with E-state index in [-0.39, 0.29) is 6.04 Å². The van der Waals surface area contributed by atoms with Gasteiger partial charge in [0.15, 0.2) is 9.84 Å². The average Bonchev–Trinajstić information content (AvgIpc) is 2.45. The predicted molar refractivity (Wildman–Crippen MR) is 86.3 cm³/mol. The molecule has 2 rings (SSSR count). The van der Waals surface area contributed by atoms with E-state index in [4.69, 9.17) is 0 Å². The average molecular weight is 303 g/mol. The van der Waals surface area contributed by atoms with Crippen LogP contribution in [0.15, 0.2) is 53.4 Å². The molecule has 3 nitrogen and oxygen atoms in total. The maximum Gasteiger partial charge on any atom is 0.175 e. The van der Waals surface area contributed by atoms with Crippen LogP contribution in [0.1, 0.15) is 29.7 Å². The first-order valence-electron chi connectivity index (χ1n) is 7.02. The van der Waals surface area contributed by atoms with Gasteiger partial charge in [0.05, 0.1) is 10.9 Å². The summed E-state index contributed by atoms with van der Waals surface area (Å²) < 4.78 is 23.5. The lowest BCUT2D eigenvalue weighted by Gasteiger charge is -2.21. The van der Waals surface area contributed by atoms with Gasteiger partial charge in [0.2, 0.25) is 0 Å². The lowest BCUT2D eigenvalue weighted by atomic mass is 9.95. The Balaban J connectivity index is 2.51. The van der Waals surface area contributed by atoms with Gasteiger partial charge in [-0.1, -0.05) is 43.3 Å². The van der Waals surface area contributed by atoms with Crippen LogP contribution < -0.4 is 5.32 Å². The molecule has 1 atom stereocenters. The van der Waals surface area contributed by atoms with Gasteiger partial charge in [0, 0.05) is 6.26 Å². The molecular formula is C17H21NO2S. The molecule has 0 radical (unpaired) electrons. The van der Waals surface area contributed by atoms with E-state index in [1.165, 1.54) is 17.4 Å². The first kappa shape index (κ1) is 15.7. The molecule has 0 heterocycles. The molecule has 0 aromatic heterocycles. The summed E-state index contributed by atoms with van der Waals surface area (Å²) in [5, 5.41) is 3.44. The van der Waals surface area contributed by atoms with Gasteiger partial charge in [-0.05, 0) is 42.3 Å². The number of aryl methyl sites for hydroxylation is 1. The van der Waals surface area contributed by atoms with Crippen LogP contribution in [-0.2, 0) is 9.84 Å². The molecule has 0 aliphatic heterocycles. The summed E-state index contributed by atoms with van der Waals surface area (Å²) in [6.45, 7) is 4.92. The summed E-state index contributed by atoms with van der Waals surface area (Å²) in [5.74, 6) is 0. The molecule has 2 aromatic rings. The molecule has 0 saturated carbocycles. The van der Waals surface area contributed by atoms with Gasteiger partial charge < -0.3 is 5.32 Å². The van der Waals surface area contributed by atoms with Gasteiger partial charge in [0.1, 0.15) is 0 Å². The van der Waals surface area contributed by atoms with Gasteiger partial charge in [-0.3, -0.25) is 0 Å². The highest BCUT2D eigenvalue weighted by atomic mass is 32.2. The van der Waals surface area contributed by atoms with Gasteiger partial charge in [0.25, 0.3) is 0 Å². The van der Waals surface area contributed by atoms with Crippen LogP contribution >= 0.6 is 0 Å². The molecule has 112 valence electrons. The van der Waals surface area contributed by atoms with Crippen LogP contribution in [0.25, 0.3) is 0 Å². The summed E-state index contributed by atoms with van der Waals surface area (Å²) in [5.41, 5.74) is 3.33. The maximum absolute atomic E-state index is 11.7. The normalized spacial score (nSPS) is 13.1. The zero-order valence-corrected chi connectivity index (χ0v) is 13.4. The van der Waals surface area contributed by atoms with Gasteiger partial charge in [-0.15, -0.1) is 0 Å². The highest BCUT2D eigenvalue weighted by Gasteiger charge is 2.17. The minimum atomic E-state index is -3.19. The zero-order valence-electron chi connectivity index (χ0n) is 12.6. The molecule has 0 bridgehead atoms. The summed E-state index contributed by atoms with van der Waals surface area (Å²) in [4.78, 5) is 0.358. The monoisotopic (exact) mass is 303 g/mol. The third kappa shape index (κ3) is 3.71. The summed E-state index contributed by atoms with van der Waals surface area (Å²) in [6, 6.07) is 15.3. The Labute approximate surface area is 126 Å². The van der Waals surface area contributed by atoms with Crippen molar-refractivity contribution in [2.45, 2.75) is 24.8 Å². The number of benzene rings is 2. The first-order valence-corrected chi connectivity index (χ1v) is 8.91. The Bertz CT molecular complexity index is 723. The van der Waals surface area contributed by atoms with Crippen molar-refractivity contribution in [1.29, 1.82) is 0 Å². The third-order valence-electron chi connectivity index (χ3n) is 3.53. The van der Waals surface area contributed by atoms with Crippen molar-refractivity contribution in [2.75, 3.05) is 12.8 Å². The minimum Gasteiger partial charge on any atom is -0.307 e. The largest absolute Gasteiger partial charge is 0.307 e. The van der Waals surface area contributed by atoms with E-state index >= 15 is 0 Å². The van der Waals surface area contributed by atoms with Gasteiger partial charge >= 0.3 is 0 Å². The van der Waals surface area contributed by atoms with Crippen molar-refractivity contribution in [2.24, 2.45) is 0 Å². The summed E-state index contributed by atoms with van der Waals surface area (Å²) >= 11 is 0. The molecule has 0 spiro atoms. The van der Waals surface area contributed by atoms with E-state index in [9.17, 15) is 8.42 Å². The molecule has 0 aliphatic rings. The fraction of sp³-hybridized carbons (Fsp3) is 0.294. The Kier molecular flexibility index (Phi) is 4.80. The Morgan fingerprint density at radius 2 is 1.81 bits per heavy atom. The fourth-order valence-corrected chi connectivity index (χ4v) is 3.12. The third-order valence-corrected chi connectivity index (χ3v) is 4.64. The van der Waals surface area contributed by atoms with Crippen molar-refractivity contribution in [1.82, 2.24) is 5.32 Å². The molecule has 2 aromatic carbocycles. The number of rotatable bonds is 5. The minimum absolute atomic E-state index is 0.00194. The molecule has 21 heavy (non-hydrogen) atoms. The Hall–Kier alpha value is -1.65. The zero-order chi connectivity index (χ0) is 15.5. The van der Waals surface area contributed by atoms with Crippen molar-refractivity contribution >= 4 is 9.84 Å². The lowest BCUT2D eigenvalue weighted by Crippen LogP contribution is -2.23. The van der Waals surface area contributed by atoms with Crippen LogP contribution in [0.4, 0.5) is 0 Å². The second kappa shape index (κ2) is 6.41. The molecule has 4 heteroatoms. The van der Waals surface area contributed by atoms with Crippen LogP contribution in [0.2, 0.25) is 0 Å². The van der Waals surface area contributed by atoms with E-state index < -0.39 is 9.84 Å². The van der Waals surface area contributed by atoms with Crippen molar-refractivity contribution < 1.29 is 8.42 Å². The quantitative estimate of drug-likeness (QED) is 0.923. The Morgan fingerprint density at radius 3 is 2.43 bits per heavy atom. The maximum atomic E-state index is 11.7. The molecule has 0 amide bonds. The van der Waals surface area contributed by atoms with E-state index in [0.29, 0.717) is 4.90 Å². The van der Waals surface area contributed by atoms with E-state index in [1.807, 2.05) is 25.1 Å². The van der Waals surface area contributed by atoms with Crippen LogP contribution in [-0.4, -0.2) is 21.2 Å². The molecule has 1 N–H and O–H groups in total. The highest BCUT2D eigenvalue weighted by molar-refractivity contribution is 7.90. The topological polar surface area (TPSA) is 46.2 Å². The first-order chi connectivity index (χ1) is 9.93. The second-order valence-electron chi connectivity index (χ2n) is 5.19. The molecule has 0 saturated heterocycles. The molecular weight excluding hydrogens is 282 g/mol. The van der Waals surface area contributed by atoms with Gasteiger partial charge in [-0.2, -0.15) is 0 Å². The van der Waals surface area contributed by atoms with Crippen LogP contribution in [0, 0.1) is 6.92 Å². The molecule has 0 aliphatic carbocycles. The van der Waals surface area contributed by atoms with Crippen molar-refractivity contribution in [3.05, 3.63) is 65.2 Å². The Morgan fingerprint density at radius 1 is 1.10 bits per heavy atom. The van der Waals surface area contributed by atoms with Crippen molar-refractivity contribution in [3.8, 4) is 0 Å². The van der Waals surface area contributed by atoms with E-state index in [1.54, 1.807) is 18.2 Å².